The summed E-state index contributed by atoms with van der Waals surface area (Å²) in [6.07, 6.45) is 0. The highest BCUT2D eigenvalue weighted by Crippen LogP contribution is 2.24. The van der Waals surface area contributed by atoms with E-state index in [-0.39, 0.29) is 19.0 Å². The molecule has 0 saturated heterocycles. The summed E-state index contributed by atoms with van der Waals surface area (Å²) >= 11 is 0. The van der Waals surface area contributed by atoms with Crippen LogP contribution in [0.15, 0.2) is 18.2 Å². The second kappa shape index (κ2) is 9.55. The van der Waals surface area contributed by atoms with Gasteiger partial charge in [-0.2, -0.15) is 0 Å². The smallest absolute Gasteiger partial charge is 0.344 e. The summed E-state index contributed by atoms with van der Waals surface area (Å²) in [5.41, 5.74) is 5.44. The number of rotatable bonds is 9. The summed E-state index contributed by atoms with van der Waals surface area (Å²) in [4.78, 5) is 24.5. The van der Waals surface area contributed by atoms with Crippen molar-refractivity contribution in [3.8, 4) is 5.75 Å². The molecule has 152 valence electrons. The molecule has 2 aromatic rings. The lowest BCUT2D eigenvalue weighted by molar-refractivity contribution is -0.144. The van der Waals surface area contributed by atoms with Crippen LogP contribution in [0.2, 0.25) is 0 Å². The lowest BCUT2D eigenvalue weighted by atomic mass is 10.1. The van der Waals surface area contributed by atoms with Gasteiger partial charge in [0.15, 0.2) is 13.2 Å². The molecule has 0 aliphatic heterocycles. The molecule has 28 heavy (non-hydrogen) atoms. The Morgan fingerprint density at radius 3 is 2.21 bits per heavy atom. The van der Waals surface area contributed by atoms with Crippen molar-refractivity contribution in [2.45, 2.75) is 41.2 Å². The van der Waals surface area contributed by atoms with Gasteiger partial charge in [0.2, 0.25) is 5.78 Å². The molecule has 0 aliphatic rings. The SMILES string of the molecule is COCCn1c(C)cc(C(=O)COC(=O)COc2c(C)cc(C)cc2C)c1C. The van der Waals surface area contributed by atoms with E-state index in [4.69, 9.17) is 14.2 Å². The summed E-state index contributed by atoms with van der Waals surface area (Å²) in [6.45, 7) is 10.4. The molecule has 6 nitrogen and oxygen atoms in total. The zero-order valence-corrected chi connectivity index (χ0v) is 17.5. The number of ether oxygens (including phenoxy) is 3. The molecule has 2 rings (SSSR count). The first-order chi connectivity index (χ1) is 13.2. The number of aryl methyl sites for hydroxylation is 4. The fourth-order valence-corrected chi connectivity index (χ4v) is 3.40. The van der Waals surface area contributed by atoms with Crippen LogP contribution in [0.25, 0.3) is 0 Å². The standard InChI is InChI=1S/C22H29NO5/c1-14-9-15(2)22(16(3)10-14)28-13-21(25)27-12-20(24)19-11-17(4)23(18(19)5)7-8-26-6/h9-11H,7-8,12-13H2,1-6H3. The van der Waals surface area contributed by atoms with Gasteiger partial charge in [-0.05, 0) is 51.8 Å². The molecule has 0 saturated carbocycles. The van der Waals surface area contributed by atoms with E-state index < -0.39 is 5.97 Å². The second-order valence-electron chi connectivity index (χ2n) is 7.03. The van der Waals surface area contributed by atoms with Crippen LogP contribution in [0.3, 0.4) is 0 Å². The van der Waals surface area contributed by atoms with Crippen LogP contribution in [-0.4, -0.2) is 43.3 Å². The normalized spacial score (nSPS) is 10.8. The van der Waals surface area contributed by atoms with Gasteiger partial charge in [-0.3, -0.25) is 4.79 Å². The van der Waals surface area contributed by atoms with Crippen LogP contribution in [0, 0.1) is 34.6 Å². The molecule has 0 unspecified atom stereocenters. The predicted molar refractivity (Wildman–Crippen MR) is 107 cm³/mol. The minimum atomic E-state index is -0.569. The fourth-order valence-electron chi connectivity index (χ4n) is 3.40. The Balaban J connectivity index is 1.92. The van der Waals surface area contributed by atoms with Crippen molar-refractivity contribution in [1.82, 2.24) is 4.57 Å². The summed E-state index contributed by atoms with van der Waals surface area (Å²) in [5.74, 6) is -0.121. The van der Waals surface area contributed by atoms with Gasteiger partial charge in [-0.1, -0.05) is 17.7 Å². The quantitative estimate of drug-likeness (QED) is 0.487. The lowest BCUT2D eigenvalue weighted by Gasteiger charge is -2.12. The largest absolute Gasteiger partial charge is 0.481 e. The van der Waals surface area contributed by atoms with Gasteiger partial charge < -0.3 is 18.8 Å². The van der Waals surface area contributed by atoms with E-state index in [1.54, 1.807) is 7.11 Å². The third kappa shape index (κ3) is 5.23. The maximum absolute atomic E-state index is 12.5. The van der Waals surface area contributed by atoms with E-state index in [9.17, 15) is 9.59 Å². The van der Waals surface area contributed by atoms with Crippen LogP contribution < -0.4 is 4.74 Å². The molecule has 0 aliphatic carbocycles. The molecule has 1 aromatic heterocycles. The lowest BCUT2D eigenvalue weighted by Crippen LogP contribution is -2.20. The van der Waals surface area contributed by atoms with Crippen LogP contribution in [0.1, 0.15) is 38.4 Å². The van der Waals surface area contributed by atoms with Crippen molar-refractivity contribution in [2.24, 2.45) is 0 Å². The summed E-state index contributed by atoms with van der Waals surface area (Å²) in [5, 5.41) is 0. The molecule has 0 amide bonds. The molecule has 0 N–H and O–H groups in total. The second-order valence-corrected chi connectivity index (χ2v) is 7.03. The molecule has 0 spiro atoms. The first-order valence-electron chi connectivity index (χ1n) is 9.29. The Morgan fingerprint density at radius 1 is 0.964 bits per heavy atom. The molecular formula is C22H29NO5. The number of esters is 1. The Morgan fingerprint density at radius 2 is 1.61 bits per heavy atom. The molecule has 0 radical (unpaired) electrons. The first kappa shape index (κ1) is 21.7. The summed E-state index contributed by atoms with van der Waals surface area (Å²) in [6, 6.07) is 5.81. The number of methoxy groups -OCH3 is 1. The van der Waals surface area contributed by atoms with E-state index >= 15 is 0 Å². The molecule has 1 aromatic carbocycles. The van der Waals surface area contributed by atoms with Crippen molar-refractivity contribution in [1.29, 1.82) is 0 Å². The van der Waals surface area contributed by atoms with Crippen LogP contribution in [-0.2, 0) is 20.8 Å². The highest BCUT2D eigenvalue weighted by atomic mass is 16.6. The van der Waals surface area contributed by atoms with Gasteiger partial charge in [-0.15, -0.1) is 0 Å². The van der Waals surface area contributed by atoms with Crippen LogP contribution >= 0.6 is 0 Å². The molecular weight excluding hydrogens is 358 g/mol. The van der Waals surface area contributed by atoms with E-state index in [2.05, 4.69) is 0 Å². The third-order valence-electron chi connectivity index (χ3n) is 4.70. The topological polar surface area (TPSA) is 66.8 Å². The maximum Gasteiger partial charge on any atom is 0.344 e. The van der Waals surface area contributed by atoms with E-state index in [0.29, 0.717) is 24.5 Å². The number of carbonyl (C=O) groups excluding carboxylic acids is 2. The third-order valence-corrected chi connectivity index (χ3v) is 4.70. The molecule has 0 atom stereocenters. The summed E-state index contributed by atoms with van der Waals surface area (Å²) in [7, 11) is 1.64. The Hall–Kier alpha value is -2.60. The van der Waals surface area contributed by atoms with Crippen molar-refractivity contribution in [3.05, 3.63) is 51.8 Å². The van der Waals surface area contributed by atoms with E-state index in [1.165, 1.54) is 0 Å². The minimum absolute atomic E-state index is 0.229. The number of hydrogen-bond acceptors (Lipinski definition) is 5. The van der Waals surface area contributed by atoms with Gasteiger partial charge in [0.05, 0.1) is 6.61 Å². The highest BCUT2D eigenvalue weighted by Gasteiger charge is 2.18. The Labute approximate surface area is 166 Å². The van der Waals surface area contributed by atoms with Crippen molar-refractivity contribution in [2.75, 3.05) is 26.9 Å². The van der Waals surface area contributed by atoms with Crippen molar-refractivity contribution < 1.29 is 23.8 Å². The van der Waals surface area contributed by atoms with E-state index in [0.717, 1.165) is 28.1 Å². The Bertz CT molecular complexity index is 843. The number of benzene rings is 1. The van der Waals surface area contributed by atoms with Gasteiger partial charge in [0.25, 0.3) is 0 Å². The molecule has 0 fully saturated rings. The average molecular weight is 387 g/mol. The Kier molecular flexibility index (Phi) is 7.40. The number of aromatic nitrogens is 1. The molecule has 1 heterocycles. The zero-order chi connectivity index (χ0) is 20.8. The van der Waals surface area contributed by atoms with Gasteiger partial charge in [-0.25, -0.2) is 4.79 Å². The van der Waals surface area contributed by atoms with Gasteiger partial charge in [0.1, 0.15) is 5.75 Å². The summed E-state index contributed by atoms with van der Waals surface area (Å²) < 4.78 is 17.9. The highest BCUT2D eigenvalue weighted by molar-refractivity contribution is 5.99. The maximum atomic E-state index is 12.5. The fraction of sp³-hybridized carbons (Fsp3) is 0.455. The number of nitrogens with zero attached hydrogens (tertiary/aromatic N) is 1. The molecule has 0 bridgehead atoms. The monoisotopic (exact) mass is 387 g/mol. The molecule has 6 heteroatoms. The predicted octanol–water partition coefficient (Wildman–Crippen LogP) is 3.48. The number of Topliss-reactive ketones (excluding diaryl/α,β-unsaturated/α-hetero) is 1. The van der Waals surface area contributed by atoms with E-state index in [1.807, 2.05) is 57.4 Å². The zero-order valence-electron chi connectivity index (χ0n) is 17.5. The van der Waals surface area contributed by atoms with Gasteiger partial charge >= 0.3 is 5.97 Å². The number of carbonyl (C=O) groups is 2. The van der Waals surface area contributed by atoms with Gasteiger partial charge in [0, 0.05) is 30.6 Å². The van der Waals surface area contributed by atoms with Crippen molar-refractivity contribution >= 4 is 11.8 Å². The number of ketones is 1. The first-order valence-corrected chi connectivity index (χ1v) is 9.29. The minimum Gasteiger partial charge on any atom is -0.481 e. The number of hydrogen-bond donors (Lipinski definition) is 0. The van der Waals surface area contributed by atoms with Crippen LogP contribution in [0.5, 0.6) is 5.75 Å². The van der Waals surface area contributed by atoms with Crippen molar-refractivity contribution in [3.63, 3.8) is 0 Å². The average Bonchev–Trinajstić information content (AvgIpc) is 2.91. The van der Waals surface area contributed by atoms with Crippen LogP contribution in [0.4, 0.5) is 0 Å².